The highest BCUT2D eigenvalue weighted by Crippen LogP contribution is 2.16. The van der Waals surface area contributed by atoms with Crippen LogP contribution >= 0.6 is 0 Å². The molecule has 0 radical (unpaired) electrons. The van der Waals surface area contributed by atoms with Gasteiger partial charge in [0, 0.05) is 13.0 Å². The molecular formula is C15H26O2Si. The summed E-state index contributed by atoms with van der Waals surface area (Å²) in [6, 6.07) is 0. The minimum atomic E-state index is -1.33. The maximum Gasteiger partial charge on any atom is 0.159 e. The van der Waals surface area contributed by atoms with E-state index in [2.05, 4.69) is 37.2 Å². The van der Waals surface area contributed by atoms with Gasteiger partial charge < -0.3 is 9.47 Å². The van der Waals surface area contributed by atoms with Crippen LogP contribution in [0.2, 0.25) is 19.6 Å². The summed E-state index contributed by atoms with van der Waals surface area (Å²) in [5.74, 6) is 3.30. The third kappa shape index (κ3) is 7.00. The highest BCUT2D eigenvalue weighted by molar-refractivity contribution is 6.83. The van der Waals surface area contributed by atoms with Crippen molar-refractivity contribution in [1.29, 1.82) is 0 Å². The molecule has 1 rings (SSSR count). The zero-order valence-electron chi connectivity index (χ0n) is 12.2. The van der Waals surface area contributed by atoms with Gasteiger partial charge in [0.15, 0.2) is 6.29 Å². The summed E-state index contributed by atoms with van der Waals surface area (Å²) in [7, 11) is -1.33. The lowest BCUT2D eigenvalue weighted by atomic mass is 10.2. The van der Waals surface area contributed by atoms with E-state index in [0.29, 0.717) is 0 Å². The highest BCUT2D eigenvalue weighted by Gasteiger charge is 2.18. The number of rotatable bonds is 4. The second-order valence-corrected chi connectivity index (χ2v) is 10.5. The van der Waals surface area contributed by atoms with E-state index in [4.69, 9.17) is 9.47 Å². The lowest BCUT2D eigenvalue weighted by Gasteiger charge is -2.25. The summed E-state index contributed by atoms with van der Waals surface area (Å²) in [6.45, 7) is 9.61. The second kappa shape index (κ2) is 7.78. The largest absolute Gasteiger partial charge is 0.353 e. The van der Waals surface area contributed by atoms with Gasteiger partial charge in [0.05, 0.1) is 0 Å². The van der Waals surface area contributed by atoms with Crippen LogP contribution in [0.15, 0.2) is 12.2 Å². The van der Waals surface area contributed by atoms with Gasteiger partial charge in [-0.15, -0.1) is 5.54 Å². The van der Waals surface area contributed by atoms with Crippen LogP contribution in [0.1, 0.15) is 32.6 Å². The van der Waals surface area contributed by atoms with Crippen molar-refractivity contribution in [3.63, 3.8) is 0 Å². The van der Waals surface area contributed by atoms with Gasteiger partial charge in [-0.3, -0.25) is 0 Å². The van der Waals surface area contributed by atoms with Gasteiger partial charge in [0.25, 0.3) is 0 Å². The van der Waals surface area contributed by atoms with Gasteiger partial charge in [-0.1, -0.05) is 37.7 Å². The molecule has 18 heavy (non-hydrogen) atoms. The van der Waals surface area contributed by atoms with Gasteiger partial charge in [-0.25, -0.2) is 0 Å². The fraction of sp³-hybridized carbons (Fsp3) is 0.733. The topological polar surface area (TPSA) is 18.5 Å². The Bertz CT molecular complexity index is 314. The molecule has 0 amide bonds. The maximum atomic E-state index is 5.96. The molecule has 1 aliphatic rings. The Labute approximate surface area is 113 Å². The van der Waals surface area contributed by atoms with Gasteiger partial charge in [-0.2, -0.15) is 0 Å². The van der Waals surface area contributed by atoms with Crippen molar-refractivity contribution in [2.45, 2.75) is 64.6 Å². The van der Waals surface area contributed by atoms with Crippen molar-refractivity contribution in [2.75, 3.05) is 6.61 Å². The second-order valence-electron chi connectivity index (χ2n) is 5.74. The van der Waals surface area contributed by atoms with E-state index in [0.717, 1.165) is 25.9 Å². The molecule has 0 bridgehead atoms. The van der Waals surface area contributed by atoms with Crippen molar-refractivity contribution in [1.82, 2.24) is 0 Å². The molecule has 1 heterocycles. The quantitative estimate of drug-likeness (QED) is 0.438. The Morgan fingerprint density at radius 2 is 2.17 bits per heavy atom. The number of ether oxygens (including phenoxy) is 2. The van der Waals surface area contributed by atoms with E-state index in [1.165, 1.54) is 6.42 Å². The molecule has 1 fully saturated rings. The van der Waals surface area contributed by atoms with Crippen LogP contribution < -0.4 is 0 Å². The first kappa shape index (κ1) is 15.5. The Hall–Kier alpha value is -0.563. The highest BCUT2D eigenvalue weighted by atomic mass is 28.3. The van der Waals surface area contributed by atoms with E-state index in [1.807, 2.05) is 13.0 Å². The Morgan fingerprint density at radius 1 is 1.39 bits per heavy atom. The van der Waals surface area contributed by atoms with E-state index in [-0.39, 0.29) is 12.4 Å². The molecule has 0 spiro atoms. The van der Waals surface area contributed by atoms with Crippen LogP contribution in [-0.2, 0) is 9.47 Å². The zero-order chi connectivity index (χ0) is 13.4. The van der Waals surface area contributed by atoms with Crippen molar-refractivity contribution in [3.8, 4) is 11.5 Å². The minimum Gasteiger partial charge on any atom is -0.353 e. The van der Waals surface area contributed by atoms with Crippen LogP contribution in [0.3, 0.4) is 0 Å². The maximum absolute atomic E-state index is 5.96. The summed E-state index contributed by atoms with van der Waals surface area (Å²) in [5, 5.41) is 0. The van der Waals surface area contributed by atoms with Crippen molar-refractivity contribution in [2.24, 2.45) is 0 Å². The van der Waals surface area contributed by atoms with Crippen LogP contribution in [0.25, 0.3) is 0 Å². The first-order valence-corrected chi connectivity index (χ1v) is 10.4. The smallest absolute Gasteiger partial charge is 0.159 e. The summed E-state index contributed by atoms with van der Waals surface area (Å²) in [6.07, 6.45) is 8.30. The molecule has 0 aromatic carbocycles. The number of hydrogen-bond donors (Lipinski definition) is 0. The van der Waals surface area contributed by atoms with Gasteiger partial charge in [0.1, 0.15) is 14.2 Å². The van der Waals surface area contributed by atoms with Crippen molar-refractivity contribution in [3.05, 3.63) is 12.2 Å². The number of hydrogen-bond acceptors (Lipinski definition) is 2. The number of allylic oxidation sites excluding steroid dienone is 1. The first-order valence-electron chi connectivity index (χ1n) is 6.92. The third-order valence-electron chi connectivity index (χ3n) is 2.65. The molecule has 0 saturated carbocycles. The van der Waals surface area contributed by atoms with Crippen LogP contribution in [0, 0.1) is 11.5 Å². The fourth-order valence-electron chi connectivity index (χ4n) is 1.71. The molecule has 2 nitrogen and oxygen atoms in total. The average Bonchev–Trinajstić information content (AvgIpc) is 2.33. The summed E-state index contributed by atoms with van der Waals surface area (Å²) in [4.78, 5) is 0. The third-order valence-corrected chi connectivity index (χ3v) is 3.54. The predicted octanol–water partition coefficient (Wildman–Crippen LogP) is 3.75. The molecule has 2 unspecified atom stereocenters. The Morgan fingerprint density at radius 3 is 2.72 bits per heavy atom. The summed E-state index contributed by atoms with van der Waals surface area (Å²) in [5.41, 5.74) is 3.39. The molecule has 0 aromatic heterocycles. The van der Waals surface area contributed by atoms with E-state index < -0.39 is 8.07 Å². The van der Waals surface area contributed by atoms with Crippen LogP contribution in [0.5, 0.6) is 0 Å². The predicted molar refractivity (Wildman–Crippen MR) is 79.0 cm³/mol. The molecule has 0 N–H and O–H groups in total. The Balaban J connectivity index is 2.55. The molecule has 1 saturated heterocycles. The van der Waals surface area contributed by atoms with E-state index in [1.54, 1.807) is 0 Å². The molecule has 1 aliphatic heterocycles. The zero-order valence-corrected chi connectivity index (χ0v) is 13.2. The van der Waals surface area contributed by atoms with E-state index in [9.17, 15) is 0 Å². The average molecular weight is 266 g/mol. The van der Waals surface area contributed by atoms with Crippen molar-refractivity contribution < 1.29 is 9.47 Å². The van der Waals surface area contributed by atoms with E-state index >= 15 is 0 Å². The van der Waals surface area contributed by atoms with Crippen LogP contribution in [-0.4, -0.2) is 27.1 Å². The minimum absolute atomic E-state index is 0.0176. The van der Waals surface area contributed by atoms with Crippen LogP contribution in [0.4, 0.5) is 0 Å². The van der Waals surface area contributed by atoms with Gasteiger partial charge in [-0.05, 0) is 26.2 Å². The van der Waals surface area contributed by atoms with Gasteiger partial charge in [0.2, 0.25) is 0 Å². The monoisotopic (exact) mass is 266 g/mol. The lowest BCUT2D eigenvalue weighted by Crippen LogP contribution is -2.27. The molecule has 102 valence electrons. The molecule has 3 heteroatoms. The van der Waals surface area contributed by atoms with Gasteiger partial charge >= 0.3 is 0 Å². The molecular weight excluding hydrogens is 240 g/mol. The summed E-state index contributed by atoms with van der Waals surface area (Å²) >= 11 is 0. The summed E-state index contributed by atoms with van der Waals surface area (Å²) < 4.78 is 11.6. The standard InChI is InChI=1S/C15H26O2Si/c1-5-6-9-14(11-13-18(2,3)4)17-15-10-7-8-12-16-15/h5-6,14-15H,7-10,12H2,1-4H3/b6-5-. The Kier molecular flexibility index (Phi) is 6.70. The van der Waals surface area contributed by atoms with Crippen molar-refractivity contribution >= 4 is 8.07 Å². The molecule has 0 aromatic rings. The SMILES string of the molecule is C/C=C\CC(C#C[Si](C)(C)C)OC1CCCCO1. The fourth-order valence-corrected chi connectivity index (χ4v) is 2.30. The molecule has 0 aliphatic carbocycles. The lowest BCUT2D eigenvalue weighted by molar-refractivity contribution is -0.175. The first-order chi connectivity index (χ1) is 8.51. The normalized spacial score (nSPS) is 22.6. The molecule has 2 atom stereocenters.